The fourth-order valence-electron chi connectivity index (χ4n) is 2.32. The highest BCUT2D eigenvalue weighted by Gasteiger charge is 2.13. The first-order valence-electron chi connectivity index (χ1n) is 7.11. The zero-order valence-corrected chi connectivity index (χ0v) is 13.1. The normalized spacial score (nSPS) is 10.5. The first kappa shape index (κ1) is 15.1. The highest BCUT2D eigenvalue weighted by atomic mass is 16.2. The smallest absolute Gasteiger partial charge is 0.243 e. The van der Waals surface area contributed by atoms with E-state index in [1.807, 2.05) is 57.1 Å². The third kappa shape index (κ3) is 3.62. The minimum atomic E-state index is -0.0156. The Kier molecular flexibility index (Phi) is 4.62. The van der Waals surface area contributed by atoms with Gasteiger partial charge in [0.25, 0.3) is 0 Å². The van der Waals surface area contributed by atoms with Gasteiger partial charge in [-0.2, -0.15) is 5.10 Å². The van der Waals surface area contributed by atoms with Crippen LogP contribution in [0.4, 0.5) is 11.4 Å². The third-order valence-corrected chi connectivity index (χ3v) is 3.52. The van der Waals surface area contributed by atoms with Gasteiger partial charge in [0, 0.05) is 25.5 Å². The van der Waals surface area contributed by atoms with Crippen LogP contribution < -0.4 is 10.2 Å². The summed E-state index contributed by atoms with van der Waals surface area (Å²) < 4.78 is 1.74. The van der Waals surface area contributed by atoms with Crippen molar-refractivity contribution in [1.82, 2.24) is 9.78 Å². The lowest BCUT2D eigenvalue weighted by atomic mass is 10.1. The molecule has 21 heavy (non-hydrogen) atoms. The molecule has 1 aromatic carbocycles. The Balaban J connectivity index is 2.07. The van der Waals surface area contributed by atoms with Crippen molar-refractivity contribution in [3.8, 4) is 0 Å². The molecule has 0 fully saturated rings. The minimum Gasteiger partial charge on any atom is -0.360 e. The number of anilines is 2. The molecule has 0 saturated carbocycles. The summed E-state index contributed by atoms with van der Waals surface area (Å²) in [5, 5.41) is 7.16. The lowest BCUT2D eigenvalue weighted by molar-refractivity contribution is -0.115. The Hall–Kier alpha value is -2.30. The van der Waals surface area contributed by atoms with Gasteiger partial charge < -0.3 is 10.2 Å². The molecule has 112 valence electrons. The van der Waals surface area contributed by atoms with Crippen LogP contribution in [0.5, 0.6) is 0 Å². The van der Waals surface area contributed by atoms with Crippen molar-refractivity contribution in [2.24, 2.45) is 7.05 Å². The van der Waals surface area contributed by atoms with E-state index in [2.05, 4.69) is 10.4 Å². The van der Waals surface area contributed by atoms with Crippen molar-refractivity contribution in [2.45, 2.75) is 20.8 Å². The maximum Gasteiger partial charge on any atom is 0.243 e. The van der Waals surface area contributed by atoms with Gasteiger partial charge in [0.15, 0.2) is 0 Å². The van der Waals surface area contributed by atoms with Crippen molar-refractivity contribution >= 4 is 17.3 Å². The van der Waals surface area contributed by atoms with E-state index in [0.717, 1.165) is 29.0 Å². The van der Waals surface area contributed by atoms with E-state index in [0.29, 0.717) is 6.54 Å². The second-order valence-corrected chi connectivity index (χ2v) is 5.20. The quantitative estimate of drug-likeness (QED) is 0.918. The van der Waals surface area contributed by atoms with Gasteiger partial charge in [0.2, 0.25) is 5.91 Å². The SMILES string of the molecule is CCN(CC(=O)Nc1c(C)cccc1C)c1cnn(C)c1. The predicted molar refractivity (Wildman–Crippen MR) is 85.6 cm³/mol. The molecule has 0 saturated heterocycles. The van der Waals surface area contributed by atoms with E-state index in [1.165, 1.54) is 0 Å². The number of likely N-dealkylation sites (N-methyl/N-ethyl adjacent to an activating group) is 1. The fraction of sp³-hybridized carbons (Fsp3) is 0.375. The van der Waals surface area contributed by atoms with Gasteiger partial charge in [-0.15, -0.1) is 0 Å². The molecule has 0 unspecified atom stereocenters. The summed E-state index contributed by atoms with van der Waals surface area (Å²) in [6, 6.07) is 6.00. The van der Waals surface area contributed by atoms with Crippen LogP contribution in [0.15, 0.2) is 30.6 Å². The molecule has 0 aliphatic heterocycles. The molecule has 0 aliphatic rings. The second-order valence-electron chi connectivity index (χ2n) is 5.20. The van der Waals surface area contributed by atoms with Gasteiger partial charge in [-0.3, -0.25) is 9.48 Å². The van der Waals surface area contributed by atoms with Crippen LogP contribution in [0.3, 0.4) is 0 Å². The number of aryl methyl sites for hydroxylation is 3. The number of rotatable bonds is 5. The number of hydrogen-bond acceptors (Lipinski definition) is 3. The molecule has 0 spiro atoms. The number of carbonyl (C=O) groups excluding carboxylic acids is 1. The maximum absolute atomic E-state index is 12.3. The Morgan fingerprint density at radius 1 is 1.33 bits per heavy atom. The Morgan fingerprint density at radius 3 is 2.52 bits per heavy atom. The number of benzene rings is 1. The second kappa shape index (κ2) is 6.43. The summed E-state index contributed by atoms with van der Waals surface area (Å²) in [6.07, 6.45) is 3.69. The van der Waals surface area contributed by atoms with Crippen molar-refractivity contribution in [2.75, 3.05) is 23.3 Å². The standard InChI is InChI=1S/C16H22N4O/c1-5-20(14-9-17-19(4)10-14)11-15(21)18-16-12(2)7-6-8-13(16)3/h6-10H,5,11H2,1-4H3,(H,18,21). The van der Waals surface area contributed by atoms with E-state index < -0.39 is 0 Å². The highest BCUT2D eigenvalue weighted by Crippen LogP contribution is 2.19. The Morgan fingerprint density at radius 2 is 2.00 bits per heavy atom. The first-order valence-corrected chi connectivity index (χ1v) is 7.11. The van der Waals surface area contributed by atoms with E-state index in [1.54, 1.807) is 10.9 Å². The van der Waals surface area contributed by atoms with Crippen molar-refractivity contribution in [3.63, 3.8) is 0 Å². The van der Waals surface area contributed by atoms with Crippen molar-refractivity contribution < 1.29 is 4.79 Å². The van der Waals surface area contributed by atoms with Gasteiger partial charge in [0.05, 0.1) is 18.4 Å². The molecule has 0 bridgehead atoms. The number of carbonyl (C=O) groups is 1. The molecule has 1 amide bonds. The Labute approximate surface area is 125 Å². The van der Waals surface area contributed by atoms with Crippen LogP contribution in [0.25, 0.3) is 0 Å². The molecule has 0 radical (unpaired) electrons. The zero-order chi connectivity index (χ0) is 15.4. The van der Waals surface area contributed by atoms with Crippen LogP contribution in [0.1, 0.15) is 18.1 Å². The van der Waals surface area contributed by atoms with Crippen LogP contribution in [0.2, 0.25) is 0 Å². The lowest BCUT2D eigenvalue weighted by Gasteiger charge is -2.21. The van der Waals surface area contributed by atoms with E-state index in [4.69, 9.17) is 0 Å². The molecular weight excluding hydrogens is 264 g/mol. The minimum absolute atomic E-state index is 0.0156. The average molecular weight is 286 g/mol. The van der Waals surface area contributed by atoms with Crippen molar-refractivity contribution in [3.05, 3.63) is 41.7 Å². The van der Waals surface area contributed by atoms with E-state index in [9.17, 15) is 4.79 Å². The number of para-hydroxylation sites is 1. The molecule has 1 aromatic heterocycles. The number of amides is 1. The molecule has 1 N–H and O–H groups in total. The predicted octanol–water partition coefficient (Wildman–Crippen LogP) is 2.50. The molecule has 5 nitrogen and oxygen atoms in total. The maximum atomic E-state index is 12.3. The van der Waals surface area contributed by atoms with Crippen LogP contribution in [-0.4, -0.2) is 28.8 Å². The number of aromatic nitrogens is 2. The zero-order valence-electron chi connectivity index (χ0n) is 13.1. The summed E-state index contributed by atoms with van der Waals surface area (Å²) in [4.78, 5) is 14.3. The van der Waals surface area contributed by atoms with Crippen LogP contribution >= 0.6 is 0 Å². The van der Waals surface area contributed by atoms with Gasteiger partial charge >= 0.3 is 0 Å². The van der Waals surface area contributed by atoms with E-state index in [-0.39, 0.29) is 5.91 Å². The monoisotopic (exact) mass is 286 g/mol. The number of hydrogen-bond donors (Lipinski definition) is 1. The van der Waals surface area contributed by atoms with E-state index >= 15 is 0 Å². The summed E-state index contributed by atoms with van der Waals surface area (Å²) in [5.41, 5.74) is 4.02. The fourth-order valence-corrected chi connectivity index (χ4v) is 2.32. The molecule has 1 heterocycles. The molecule has 5 heteroatoms. The largest absolute Gasteiger partial charge is 0.360 e. The van der Waals surface area contributed by atoms with Gasteiger partial charge in [-0.1, -0.05) is 18.2 Å². The molecule has 0 atom stereocenters. The Bertz CT molecular complexity index is 613. The number of nitrogens with one attached hydrogen (secondary N) is 1. The summed E-state index contributed by atoms with van der Waals surface area (Å²) in [7, 11) is 1.87. The summed E-state index contributed by atoms with van der Waals surface area (Å²) >= 11 is 0. The third-order valence-electron chi connectivity index (χ3n) is 3.52. The average Bonchev–Trinajstić information content (AvgIpc) is 2.87. The molecular formula is C16H22N4O. The van der Waals surface area contributed by atoms with Crippen molar-refractivity contribution in [1.29, 1.82) is 0 Å². The summed E-state index contributed by atoms with van der Waals surface area (Å²) in [6.45, 7) is 7.10. The first-order chi connectivity index (χ1) is 10.0. The van der Waals surface area contributed by atoms with Gasteiger partial charge in [0.1, 0.15) is 0 Å². The van der Waals surface area contributed by atoms with Gasteiger partial charge in [-0.25, -0.2) is 0 Å². The lowest BCUT2D eigenvalue weighted by Crippen LogP contribution is -2.33. The van der Waals surface area contributed by atoms with Gasteiger partial charge in [-0.05, 0) is 31.9 Å². The number of nitrogens with zero attached hydrogens (tertiary/aromatic N) is 3. The molecule has 0 aliphatic carbocycles. The van der Waals surface area contributed by atoms with Crippen LogP contribution in [-0.2, 0) is 11.8 Å². The topological polar surface area (TPSA) is 50.2 Å². The molecule has 2 rings (SSSR count). The summed E-state index contributed by atoms with van der Waals surface area (Å²) in [5.74, 6) is -0.0156. The highest BCUT2D eigenvalue weighted by molar-refractivity contribution is 5.95. The molecule has 2 aromatic rings. The van der Waals surface area contributed by atoms with Crippen LogP contribution in [0, 0.1) is 13.8 Å².